The molecule has 0 saturated heterocycles. The minimum Gasteiger partial charge on any atom is -0.508 e. The molecule has 1 aromatic carbocycles. The number of unbranched alkanes of at least 4 members (excludes halogenated alkanes) is 1. The van der Waals surface area contributed by atoms with Crippen molar-refractivity contribution in [1.82, 2.24) is 16.0 Å². The van der Waals surface area contributed by atoms with Gasteiger partial charge in [-0.05, 0) is 55.5 Å². The molecule has 3 amide bonds. The van der Waals surface area contributed by atoms with E-state index in [1.54, 1.807) is 6.26 Å². The van der Waals surface area contributed by atoms with Crippen molar-refractivity contribution in [1.29, 1.82) is 0 Å². The fourth-order valence-electron chi connectivity index (χ4n) is 3.42. The van der Waals surface area contributed by atoms with Gasteiger partial charge >= 0.3 is 11.9 Å². The zero-order valence-corrected chi connectivity index (χ0v) is 22.0. The Bertz CT molecular complexity index is 946. The monoisotopic (exact) mass is 555 g/mol. The van der Waals surface area contributed by atoms with Crippen LogP contribution in [-0.2, 0) is 30.4 Å². The first-order chi connectivity index (χ1) is 18.0. The first-order valence-electron chi connectivity index (χ1n) is 12.1. The lowest BCUT2D eigenvalue weighted by Crippen LogP contribution is -2.58. The van der Waals surface area contributed by atoms with E-state index in [4.69, 9.17) is 11.5 Å². The number of carboxylic acid groups (broad SMARTS) is 2. The van der Waals surface area contributed by atoms with E-state index in [-0.39, 0.29) is 18.6 Å². The van der Waals surface area contributed by atoms with Crippen LogP contribution in [0.5, 0.6) is 5.75 Å². The third kappa shape index (κ3) is 12.3. The average molecular weight is 556 g/mol. The van der Waals surface area contributed by atoms with Crippen LogP contribution in [0.25, 0.3) is 0 Å². The number of carboxylic acids is 2. The molecule has 0 heterocycles. The summed E-state index contributed by atoms with van der Waals surface area (Å²) in [7, 11) is 0. The first-order valence-corrected chi connectivity index (χ1v) is 13.5. The van der Waals surface area contributed by atoms with Crippen molar-refractivity contribution >= 4 is 41.4 Å². The second-order valence-electron chi connectivity index (χ2n) is 8.66. The highest BCUT2D eigenvalue weighted by atomic mass is 32.2. The zero-order valence-electron chi connectivity index (χ0n) is 21.2. The molecular weight excluding hydrogens is 518 g/mol. The van der Waals surface area contributed by atoms with E-state index in [0.29, 0.717) is 37.1 Å². The van der Waals surface area contributed by atoms with Gasteiger partial charge in [-0.1, -0.05) is 18.6 Å². The molecule has 0 aliphatic heterocycles. The lowest BCUT2D eigenvalue weighted by atomic mass is 10.0. The number of aliphatic carboxylic acids is 2. The smallest absolute Gasteiger partial charge is 0.326 e. The highest BCUT2D eigenvalue weighted by Crippen LogP contribution is 2.12. The second kappa shape index (κ2) is 17.2. The molecule has 0 aliphatic rings. The Labute approximate surface area is 225 Å². The number of carbonyl (C=O) groups is 5. The lowest BCUT2D eigenvalue weighted by molar-refractivity contribution is -0.143. The summed E-state index contributed by atoms with van der Waals surface area (Å²) in [5, 5.41) is 35.3. The van der Waals surface area contributed by atoms with Crippen LogP contribution in [0.15, 0.2) is 24.3 Å². The maximum atomic E-state index is 13.2. The van der Waals surface area contributed by atoms with Gasteiger partial charge in [0.05, 0.1) is 12.5 Å². The summed E-state index contributed by atoms with van der Waals surface area (Å²) in [5.41, 5.74) is 12.0. The number of thioether (sulfide) groups is 1. The molecule has 0 fully saturated rings. The van der Waals surface area contributed by atoms with E-state index >= 15 is 0 Å². The second-order valence-corrected chi connectivity index (χ2v) is 9.65. The summed E-state index contributed by atoms with van der Waals surface area (Å²) in [6.07, 6.45) is 2.58. The number of nitrogens with one attached hydrogen (secondary N) is 3. The van der Waals surface area contributed by atoms with Crippen molar-refractivity contribution in [2.75, 3.05) is 18.6 Å². The lowest BCUT2D eigenvalue weighted by Gasteiger charge is -2.25. The van der Waals surface area contributed by atoms with Crippen LogP contribution in [0.4, 0.5) is 0 Å². The summed E-state index contributed by atoms with van der Waals surface area (Å²) in [5.74, 6) is -4.74. The molecule has 1 aromatic rings. The third-order valence-electron chi connectivity index (χ3n) is 5.55. The van der Waals surface area contributed by atoms with Crippen LogP contribution >= 0.6 is 11.8 Å². The number of phenols is 1. The largest absolute Gasteiger partial charge is 0.508 e. The highest BCUT2D eigenvalue weighted by molar-refractivity contribution is 7.98. The van der Waals surface area contributed by atoms with Gasteiger partial charge in [-0.3, -0.25) is 19.2 Å². The predicted octanol–water partition coefficient (Wildman–Crippen LogP) is -0.842. The van der Waals surface area contributed by atoms with Gasteiger partial charge in [0, 0.05) is 6.42 Å². The normalized spacial score (nSPS) is 14.0. The van der Waals surface area contributed by atoms with Gasteiger partial charge in [-0.15, -0.1) is 0 Å². The molecule has 0 aliphatic carbocycles. The van der Waals surface area contributed by atoms with Crippen LogP contribution in [-0.4, -0.2) is 87.7 Å². The molecule has 212 valence electrons. The SMILES string of the molecule is CSCCC(NC(=O)C(CC(=O)O)NC(=O)C(Cc1ccc(O)cc1)NC(=O)C(N)CCCCN)C(=O)O. The average Bonchev–Trinajstić information content (AvgIpc) is 2.86. The number of rotatable bonds is 18. The minimum atomic E-state index is -1.60. The summed E-state index contributed by atoms with van der Waals surface area (Å²) < 4.78 is 0. The van der Waals surface area contributed by atoms with E-state index in [2.05, 4.69) is 16.0 Å². The number of phenolic OH excluding ortho intramolecular Hbond substituents is 1. The summed E-state index contributed by atoms with van der Waals surface area (Å²) in [6.45, 7) is 0.438. The molecule has 0 saturated carbocycles. The van der Waals surface area contributed by atoms with Gasteiger partial charge in [0.25, 0.3) is 0 Å². The summed E-state index contributed by atoms with van der Waals surface area (Å²) >= 11 is 1.37. The van der Waals surface area contributed by atoms with Gasteiger partial charge in [-0.2, -0.15) is 11.8 Å². The van der Waals surface area contributed by atoms with Crippen LogP contribution < -0.4 is 27.4 Å². The number of hydrogen-bond acceptors (Lipinski definition) is 9. The Balaban J connectivity index is 3.09. The van der Waals surface area contributed by atoms with E-state index in [9.17, 15) is 39.3 Å². The Morgan fingerprint density at radius 3 is 2.00 bits per heavy atom. The molecule has 0 spiro atoms. The maximum absolute atomic E-state index is 13.2. The topological polar surface area (TPSA) is 234 Å². The van der Waals surface area contributed by atoms with E-state index in [1.165, 1.54) is 36.0 Å². The van der Waals surface area contributed by atoms with Crippen LogP contribution in [0.1, 0.15) is 37.7 Å². The Morgan fingerprint density at radius 1 is 0.868 bits per heavy atom. The van der Waals surface area contributed by atoms with Gasteiger partial charge in [0.2, 0.25) is 17.7 Å². The maximum Gasteiger partial charge on any atom is 0.326 e. The summed E-state index contributed by atoms with van der Waals surface area (Å²) in [6, 6.07) is 0.806. The predicted molar refractivity (Wildman–Crippen MR) is 141 cm³/mol. The molecule has 0 aromatic heterocycles. The molecule has 38 heavy (non-hydrogen) atoms. The van der Waals surface area contributed by atoms with Gasteiger partial charge in [0.1, 0.15) is 23.9 Å². The Morgan fingerprint density at radius 2 is 1.45 bits per heavy atom. The molecule has 14 heteroatoms. The first kappa shape index (κ1) is 32.7. The van der Waals surface area contributed by atoms with Gasteiger partial charge in [-0.25, -0.2) is 4.79 Å². The van der Waals surface area contributed by atoms with Crippen LogP contribution in [0.2, 0.25) is 0 Å². The zero-order chi connectivity index (χ0) is 28.7. The van der Waals surface area contributed by atoms with E-state index in [0.717, 1.165) is 0 Å². The number of carbonyl (C=O) groups excluding carboxylic acids is 3. The van der Waals surface area contributed by atoms with Crippen LogP contribution in [0, 0.1) is 0 Å². The fraction of sp³-hybridized carbons (Fsp3) is 0.542. The van der Waals surface area contributed by atoms with Crippen molar-refractivity contribution in [3.8, 4) is 5.75 Å². The van der Waals surface area contributed by atoms with Gasteiger partial charge < -0.3 is 42.7 Å². The van der Waals surface area contributed by atoms with Crippen LogP contribution in [0.3, 0.4) is 0 Å². The molecule has 13 nitrogen and oxygen atoms in total. The molecule has 4 unspecified atom stereocenters. The number of hydrogen-bond donors (Lipinski definition) is 8. The number of nitrogens with two attached hydrogens (primary N) is 2. The fourth-order valence-corrected chi connectivity index (χ4v) is 3.89. The van der Waals surface area contributed by atoms with Crippen molar-refractivity contribution in [3.05, 3.63) is 29.8 Å². The van der Waals surface area contributed by atoms with Crippen molar-refractivity contribution in [2.45, 2.75) is 62.7 Å². The standard InChI is InChI=1S/C24H37N5O8S/c1-38-11-9-17(24(36)37)27-23(35)19(13-20(31)32)29-22(34)18(12-14-5-7-15(30)8-6-14)28-21(33)16(26)4-2-3-10-25/h5-8,16-19,30H,2-4,9-13,25-26H2,1H3,(H,27,35)(H,28,33)(H,29,34)(H,31,32)(H,36,37). The van der Waals surface area contributed by atoms with Crippen molar-refractivity contribution in [2.24, 2.45) is 11.5 Å². The molecular formula is C24H37N5O8S. The quantitative estimate of drug-likeness (QED) is 0.104. The minimum absolute atomic E-state index is 0.00614. The van der Waals surface area contributed by atoms with E-state index < -0.39 is 60.2 Å². The van der Waals surface area contributed by atoms with Crippen molar-refractivity contribution in [3.63, 3.8) is 0 Å². The van der Waals surface area contributed by atoms with Gasteiger partial charge in [0.15, 0.2) is 0 Å². The highest BCUT2D eigenvalue weighted by Gasteiger charge is 2.31. The molecule has 0 radical (unpaired) electrons. The summed E-state index contributed by atoms with van der Waals surface area (Å²) in [4.78, 5) is 61.6. The Hall–Kier alpha value is -3.36. The molecule has 10 N–H and O–H groups in total. The number of amides is 3. The number of benzene rings is 1. The number of aromatic hydroxyl groups is 1. The van der Waals surface area contributed by atoms with E-state index in [1.807, 2.05) is 0 Å². The van der Waals surface area contributed by atoms with Crippen molar-refractivity contribution < 1.29 is 39.3 Å². The molecule has 0 bridgehead atoms. The molecule has 1 rings (SSSR count). The third-order valence-corrected chi connectivity index (χ3v) is 6.20. The Kier molecular flexibility index (Phi) is 14.8. The molecule has 4 atom stereocenters.